The van der Waals surface area contributed by atoms with Crippen molar-refractivity contribution in [1.82, 2.24) is 15.0 Å². The Balaban J connectivity index is 2.63. The van der Waals surface area contributed by atoms with E-state index in [0.29, 0.717) is 11.6 Å². The van der Waals surface area contributed by atoms with Crippen LogP contribution in [-0.4, -0.2) is 15.0 Å². The van der Waals surface area contributed by atoms with Crippen molar-refractivity contribution >= 4 is 5.82 Å². The minimum absolute atomic E-state index is 0.517. The molecule has 2 heterocycles. The summed E-state index contributed by atoms with van der Waals surface area (Å²) < 4.78 is 0. The van der Waals surface area contributed by atoms with Crippen molar-refractivity contribution in [3.63, 3.8) is 0 Å². The fourth-order valence-electron chi connectivity index (χ4n) is 1.40. The molecule has 2 aromatic rings. The van der Waals surface area contributed by atoms with E-state index in [1.165, 1.54) is 0 Å². The Labute approximate surface area is 88.2 Å². The molecule has 15 heavy (non-hydrogen) atoms. The van der Waals surface area contributed by atoms with Gasteiger partial charge in [0, 0.05) is 11.8 Å². The Bertz CT molecular complexity index is 479. The maximum absolute atomic E-state index is 5.78. The first-order chi connectivity index (χ1) is 7.18. The van der Waals surface area contributed by atoms with Gasteiger partial charge in [-0.25, -0.2) is 9.97 Å². The topological polar surface area (TPSA) is 64.7 Å². The van der Waals surface area contributed by atoms with Crippen LogP contribution in [0.4, 0.5) is 5.82 Å². The van der Waals surface area contributed by atoms with Crippen molar-refractivity contribution in [3.8, 4) is 11.4 Å². The Morgan fingerprint density at radius 3 is 2.60 bits per heavy atom. The number of hydrogen-bond donors (Lipinski definition) is 1. The molecule has 0 radical (unpaired) electrons. The maximum Gasteiger partial charge on any atom is 0.130 e. The zero-order chi connectivity index (χ0) is 10.8. The molecule has 0 unspecified atom stereocenters. The molecule has 0 saturated carbocycles. The van der Waals surface area contributed by atoms with E-state index in [1.54, 1.807) is 6.20 Å². The number of hydrogen-bond acceptors (Lipinski definition) is 4. The van der Waals surface area contributed by atoms with E-state index in [2.05, 4.69) is 15.0 Å². The zero-order valence-corrected chi connectivity index (χ0v) is 8.73. The van der Waals surface area contributed by atoms with Gasteiger partial charge in [0.05, 0.1) is 11.4 Å². The summed E-state index contributed by atoms with van der Waals surface area (Å²) in [6.07, 6.45) is 1.74. The predicted octanol–water partition coefficient (Wildman–Crippen LogP) is 1.74. The Morgan fingerprint density at radius 2 is 1.93 bits per heavy atom. The molecule has 0 saturated heterocycles. The van der Waals surface area contributed by atoms with E-state index in [0.717, 1.165) is 17.0 Å². The predicted molar refractivity (Wildman–Crippen MR) is 59.1 cm³/mol. The van der Waals surface area contributed by atoms with Crippen LogP contribution in [0.3, 0.4) is 0 Å². The van der Waals surface area contributed by atoms with E-state index in [1.807, 2.05) is 32.0 Å². The van der Waals surface area contributed by atoms with Crippen molar-refractivity contribution in [1.29, 1.82) is 0 Å². The normalized spacial score (nSPS) is 10.3. The smallest absolute Gasteiger partial charge is 0.130 e. The highest BCUT2D eigenvalue weighted by Gasteiger charge is 2.09. The standard InChI is InChI=1S/C11H12N4/c1-7-10(9-5-3-4-6-13-9)14-8(2)15-11(7)12/h3-6H,1-2H3,(H2,12,14,15). The number of pyridine rings is 1. The van der Waals surface area contributed by atoms with Crippen LogP contribution < -0.4 is 5.73 Å². The highest BCUT2D eigenvalue weighted by molar-refractivity contribution is 5.63. The summed E-state index contributed by atoms with van der Waals surface area (Å²) in [5, 5.41) is 0. The van der Waals surface area contributed by atoms with Crippen molar-refractivity contribution in [2.24, 2.45) is 0 Å². The molecule has 0 spiro atoms. The Kier molecular flexibility index (Phi) is 2.33. The van der Waals surface area contributed by atoms with E-state index >= 15 is 0 Å². The maximum atomic E-state index is 5.78. The van der Waals surface area contributed by atoms with Gasteiger partial charge in [0.2, 0.25) is 0 Å². The summed E-state index contributed by atoms with van der Waals surface area (Å²) in [5.41, 5.74) is 8.29. The van der Waals surface area contributed by atoms with Gasteiger partial charge in [-0.1, -0.05) is 6.07 Å². The van der Waals surface area contributed by atoms with E-state index in [4.69, 9.17) is 5.73 Å². The molecule has 0 fully saturated rings. The average molecular weight is 200 g/mol. The second kappa shape index (κ2) is 3.65. The molecule has 0 aliphatic heterocycles. The van der Waals surface area contributed by atoms with E-state index in [-0.39, 0.29) is 0 Å². The zero-order valence-electron chi connectivity index (χ0n) is 8.73. The average Bonchev–Trinajstić information content (AvgIpc) is 2.24. The summed E-state index contributed by atoms with van der Waals surface area (Å²) in [4.78, 5) is 12.7. The lowest BCUT2D eigenvalue weighted by atomic mass is 10.1. The first-order valence-electron chi connectivity index (χ1n) is 4.70. The van der Waals surface area contributed by atoms with Crippen LogP contribution in [0.15, 0.2) is 24.4 Å². The van der Waals surface area contributed by atoms with Gasteiger partial charge < -0.3 is 5.73 Å². The van der Waals surface area contributed by atoms with Crippen LogP contribution in [-0.2, 0) is 0 Å². The summed E-state index contributed by atoms with van der Waals surface area (Å²) in [6, 6.07) is 5.71. The number of rotatable bonds is 1. The minimum atomic E-state index is 0.517. The SMILES string of the molecule is Cc1nc(N)c(C)c(-c2ccccn2)n1. The van der Waals surface area contributed by atoms with Gasteiger partial charge in [0.1, 0.15) is 11.6 Å². The van der Waals surface area contributed by atoms with Crippen molar-refractivity contribution in [3.05, 3.63) is 35.8 Å². The molecule has 0 amide bonds. The van der Waals surface area contributed by atoms with Gasteiger partial charge in [-0.2, -0.15) is 0 Å². The lowest BCUT2D eigenvalue weighted by molar-refractivity contribution is 1.04. The molecule has 0 aliphatic rings. The highest BCUT2D eigenvalue weighted by Crippen LogP contribution is 2.21. The van der Waals surface area contributed by atoms with Gasteiger partial charge in [0.25, 0.3) is 0 Å². The molecule has 76 valence electrons. The number of anilines is 1. The van der Waals surface area contributed by atoms with Gasteiger partial charge in [-0.3, -0.25) is 4.98 Å². The fourth-order valence-corrected chi connectivity index (χ4v) is 1.40. The van der Waals surface area contributed by atoms with Crippen molar-refractivity contribution < 1.29 is 0 Å². The minimum Gasteiger partial charge on any atom is -0.383 e. The van der Waals surface area contributed by atoms with Gasteiger partial charge in [0.15, 0.2) is 0 Å². The van der Waals surface area contributed by atoms with Gasteiger partial charge in [-0.15, -0.1) is 0 Å². The number of nitrogens with zero attached hydrogens (tertiary/aromatic N) is 3. The molecule has 0 aromatic carbocycles. The molecule has 0 aliphatic carbocycles. The van der Waals surface area contributed by atoms with Crippen LogP contribution in [0, 0.1) is 13.8 Å². The summed E-state index contributed by atoms with van der Waals surface area (Å²) in [5.74, 6) is 1.18. The van der Waals surface area contributed by atoms with Gasteiger partial charge in [-0.05, 0) is 26.0 Å². The van der Waals surface area contributed by atoms with Gasteiger partial charge >= 0.3 is 0 Å². The Morgan fingerprint density at radius 1 is 1.13 bits per heavy atom. The third-order valence-corrected chi connectivity index (χ3v) is 2.20. The molecule has 2 N–H and O–H groups in total. The molecular weight excluding hydrogens is 188 g/mol. The second-order valence-electron chi connectivity index (χ2n) is 3.34. The quantitative estimate of drug-likeness (QED) is 0.761. The summed E-state index contributed by atoms with van der Waals surface area (Å²) >= 11 is 0. The van der Waals surface area contributed by atoms with Crippen molar-refractivity contribution in [2.45, 2.75) is 13.8 Å². The molecule has 2 aromatic heterocycles. The van der Waals surface area contributed by atoms with Crippen LogP contribution in [0.5, 0.6) is 0 Å². The number of aryl methyl sites for hydroxylation is 1. The first-order valence-corrected chi connectivity index (χ1v) is 4.70. The van der Waals surface area contributed by atoms with Crippen LogP contribution >= 0.6 is 0 Å². The second-order valence-corrected chi connectivity index (χ2v) is 3.34. The van der Waals surface area contributed by atoms with Crippen LogP contribution in [0.1, 0.15) is 11.4 Å². The van der Waals surface area contributed by atoms with E-state index in [9.17, 15) is 0 Å². The number of nitrogens with two attached hydrogens (primary N) is 1. The summed E-state index contributed by atoms with van der Waals surface area (Å²) in [7, 11) is 0. The molecule has 2 rings (SSSR count). The largest absolute Gasteiger partial charge is 0.383 e. The third-order valence-electron chi connectivity index (χ3n) is 2.20. The third kappa shape index (κ3) is 1.79. The highest BCUT2D eigenvalue weighted by atomic mass is 15.0. The van der Waals surface area contributed by atoms with Crippen LogP contribution in [0.2, 0.25) is 0 Å². The fraction of sp³-hybridized carbons (Fsp3) is 0.182. The number of aromatic nitrogens is 3. The molecule has 0 bridgehead atoms. The molecule has 0 atom stereocenters. The van der Waals surface area contributed by atoms with Crippen LogP contribution in [0.25, 0.3) is 11.4 Å². The first kappa shape index (κ1) is 9.58. The number of nitrogen functional groups attached to an aromatic ring is 1. The summed E-state index contributed by atoms with van der Waals surface area (Å²) in [6.45, 7) is 3.72. The Hall–Kier alpha value is -1.97. The lowest BCUT2D eigenvalue weighted by Crippen LogP contribution is -2.02. The molecular formula is C11H12N4. The molecule has 4 heteroatoms. The van der Waals surface area contributed by atoms with Crippen molar-refractivity contribution in [2.75, 3.05) is 5.73 Å². The molecule has 4 nitrogen and oxygen atoms in total. The monoisotopic (exact) mass is 200 g/mol. The lowest BCUT2D eigenvalue weighted by Gasteiger charge is -2.07. The van der Waals surface area contributed by atoms with E-state index < -0.39 is 0 Å².